The molecule has 7 nitrogen and oxygen atoms in total. The van der Waals surface area contributed by atoms with E-state index in [1.165, 1.54) is 54.1 Å². The predicted molar refractivity (Wildman–Crippen MR) is 139 cm³/mol. The average molecular weight is 559 g/mol. The highest BCUT2D eigenvalue weighted by Gasteiger charge is 2.23. The van der Waals surface area contributed by atoms with Crippen LogP contribution >= 0.6 is 0 Å². The van der Waals surface area contributed by atoms with Crippen molar-refractivity contribution < 1.29 is 38.2 Å². The van der Waals surface area contributed by atoms with Crippen LogP contribution in [0.5, 0.6) is 23.0 Å². The molecule has 1 aliphatic rings. The monoisotopic (exact) mass is 558 g/mol. The lowest BCUT2D eigenvalue weighted by molar-refractivity contribution is 0.00372. The van der Waals surface area contributed by atoms with Crippen molar-refractivity contribution in [1.82, 2.24) is 0 Å². The molecule has 0 amide bonds. The van der Waals surface area contributed by atoms with Crippen LogP contribution < -0.4 is 17.8 Å². The van der Waals surface area contributed by atoms with Crippen LogP contribution in [0.3, 0.4) is 0 Å². The molecule has 0 bridgehead atoms. The predicted octanol–water partition coefficient (Wildman–Crippen LogP) is 5.90. The van der Waals surface area contributed by atoms with Gasteiger partial charge in [-0.25, -0.2) is 0 Å². The van der Waals surface area contributed by atoms with Crippen LogP contribution in [0.25, 0.3) is 11.1 Å². The van der Waals surface area contributed by atoms with Gasteiger partial charge in [-0.1, -0.05) is 40.3 Å². The molecule has 4 aromatic carbocycles. The van der Waals surface area contributed by atoms with Crippen molar-refractivity contribution in [3.63, 3.8) is 0 Å². The second-order valence-corrected chi connectivity index (χ2v) is 10.6. The van der Waals surface area contributed by atoms with Crippen LogP contribution in [0.2, 0.25) is 0 Å². The third-order valence-corrected chi connectivity index (χ3v) is 6.47. The van der Waals surface area contributed by atoms with Gasteiger partial charge in [0.1, 0.15) is 23.0 Å². The fourth-order valence-electron chi connectivity index (χ4n) is 4.13. The molecule has 196 valence electrons. The van der Waals surface area contributed by atoms with E-state index in [-0.39, 0.29) is 17.2 Å². The van der Waals surface area contributed by atoms with Gasteiger partial charge in [0.25, 0.3) is 16.5 Å². The summed E-state index contributed by atoms with van der Waals surface area (Å²) in [7, 11) is -9.34. The fourth-order valence-corrected chi connectivity index (χ4v) is 4.86. The molecule has 1 aliphatic carbocycles. The van der Waals surface area contributed by atoms with E-state index in [0.717, 1.165) is 23.1 Å². The first kappa shape index (κ1) is 25.6. The van der Waals surface area contributed by atoms with Crippen LogP contribution in [0.15, 0.2) is 91.0 Å². The number of ether oxygens (including phenoxy) is 2. The second-order valence-electron chi connectivity index (χ2n) is 8.36. The van der Waals surface area contributed by atoms with Crippen molar-refractivity contribution in [2.75, 3.05) is 0 Å². The smallest absolute Gasteiger partial charge is 0.451 e. The zero-order chi connectivity index (χ0) is 26.9. The molecule has 4 aromatic rings. The first-order valence-electron chi connectivity index (χ1n) is 11.2. The molecule has 38 heavy (non-hydrogen) atoms. The Morgan fingerprint density at radius 1 is 0.658 bits per heavy atom. The van der Waals surface area contributed by atoms with Crippen molar-refractivity contribution in [2.45, 2.75) is 12.7 Å². The molecule has 2 unspecified atom stereocenters. The summed E-state index contributed by atoms with van der Waals surface area (Å²) in [6, 6.07) is 25.0. The number of benzene rings is 4. The SMILES string of the molecule is C=S(=O)(F)Oc1ccc(OC(Oc2ccc(OS(=O)(=O)F)cc2)c2ccc3c(c2)Cc2ccccc2-3)cc1. The lowest BCUT2D eigenvalue weighted by Gasteiger charge is -2.22. The average Bonchev–Trinajstić information content (AvgIpc) is 3.22. The van der Waals surface area contributed by atoms with Gasteiger partial charge in [0.15, 0.2) is 0 Å². The van der Waals surface area contributed by atoms with Crippen LogP contribution in [0.4, 0.5) is 7.77 Å². The van der Waals surface area contributed by atoms with E-state index in [4.69, 9.17) is 9.47 Å². The Balaban J connectivity index is 1.43. The Morgan fingerprint density at radius 3 is 1.76 bits per heavy atom. The molecule has 0 N–H and O–H groups in total. The van der Waals surface area contributed by atoms with E-state index in [2.05, 4.69) is 26.4 Å². The molecular weight excluding hydrogens is 538 g/mol. The van der Waals surface area contributed by atoms with Crippen LogP contribution in [-0.4, -0.2) is 18.5 Å². The Labute approximate surface area is 219 Å². The number of rotatable bonds is 9. The molecule has 0 saturated heterocycles. The van der Waals surface area contributed by atoms with E-state index in [1.54, 1.807) is 0 Å². The van der Waals surface area contributed by atoms with Crippen LogP contribution in [0, 0.1) is 0 Å². The first-order chi connectivity index (χ1) is 18.0. The molecule has 0 heterocycles. The fraction of sp³-hybridized carbons (Fsp3) is 0.0741. The van der Waals surface area contributed by atoms with E-state index in [9.17, 15) is 20.4 Å². The van der Waals surface area contributed by atoms with Gasteiger partial charge in [-0.05, 0) is 83.3 Å². The van der Waals surface area contributed by atoms with Gasteiger partial charge in [-0.2, -0.15) is 12.6 Å². The Bertz CT molecular complexity index is 1610. The Hall–Kier alpha value is -4.09. The quantitative estimate of drug-likeness (QED) is 0.126. The van der Waals surface area contributed by atoms with Crippen molar-refractivity contribution in [1.29, 1.82) is 0 Å². The summed E-state index contributed by atoms with van der Waals surface area (Å²) in [6.45, 7) is 0. The summed E-state index contributed by atoms with van der Waals surface area (Å²) in [5.74, 6) is 3.22. The summed E-state index contributed by atoms with van der Waals surface area (Å²) >= 11 is 0. The van der Waals surface area contributed by atoms with Gasteiger partial charge in [-0.3, -0.25) is 0 Å². The molecule has 5 rings (SSSR count). The normalized spacial score (nSPS) is 14.5. The van der Waals surface area contributed by atoms with Crippen molar-refractivity contribution in [3.8, 4) is 34.1 Å². The molecule has 0 saturated carbocycles. The van der Waals surface area contributed by atoms with Gasteiger partial charge in [-0.15, -0.1) is 3.89 Å². The molecule has 0 aliphatic heterocycles. The third-order valence-electron chi connectivity index (χ3n) is 5.64. The van der Waals surface area contributed by atoms with E-state index in [1.807, 2.05) is 30.3 Å². The Kier molecular flexibility index (Phi) is 6.72. The zero-order valence-corrected chi connectivity index (χ0v) is 21.2. The minimum Gasteiger partial charge on any atom is -0.451 e. The van der Waals surface area contributed by atoms with Crippen molar-refractivity contribution in [2.24, 2.45) is 0 Å². The summed E-state index contributed by atoms with van der Waals surface area (Å²) in [5.41, 5.74) is 5.27. The molecule has 0 spiro atoms. The lowest BCUT2D eigenvalue weighted by atomic mass is 10.0. The van der Waals surface area contributed by atoms with Gasteiger partial charge < -0.3 is 17.8 Å². The highest BCUT2D eigenvalue weighted by Crippen LogP contribution is 2.38. The zero-order valence-electron chi connectivity index (χ0n) is 19.6. The molecule has 0 radical (unpaired) electrons. The maximum Gasteiger partial charge on any atom is 0.488 e. The van der Waals surface area contributed by atoms with E-state index in [0.29, 0.717) is 11.3 Å². The van der Waals surface area contributed by atoms with Gasteiger partial charge >= 0.3 is 10.5 Å². The molecule has 11 heteroatoms. The minimum atomic E-state index is -5.16. The Morgan fingerprint density at radius 2 is 1.18 bits per heavy atom. The second kappa shape index (κ2) is 9.99. The highest BCUT2D eigenvalue weighted by atomic mass is 32.3. The maximum absolute atomic E-state index is 13.3. The number of halogens is 2. The van der Waals surface area contributed by atoms with Gasteiger partial charge in [0, 0.05) is 11.4 Å². The van der Waals surface area contributed by atoms with E-state index >= 15 is 0 Å². The summed E-state index contributed by atoms with van der Waals surface area (Å²) in [4.78, 5) is 0. The highest BCUT2D eigenvalue weighted by molar-refractivity contribution is 7.91. The van der Waals surface area contributed by atoms with Crippen LogP contribution in [0.1, 0.15) is 23.0 Å². The first-order valence-corrected chi connectivity index (χ1v) is 14.0. The largest absolute Gasteiger partial charge is 0.488 e. The van der Waals surface area contributed by atoms with Crippen LogP contribution in [-0.2, 0) is 27.1 Å². The minimum absolute atomic E-state index is 0.00557. The molecular formula is C27H20F2O7S2. The van der Waals surface area contributed by atoms with Crippen molar-refractivity contribution >= 4 is 26.6 Å². The molecule has 2 atom stereocenters. The summed E-state index contributed by atoms with van der Waals surface area (Å²) in [6.07, 6.45) is -0.222. The standard InChI is InChI=1S/C27H20F2O7S2/c1-37(28,30)35-23-11-7-21(8-12-23)33-27(34-22-9-13-24(14-10-22)36-38(29,31)32)19-6-15-26-20(17-19)16-18-4-2-3-5-25(18)26/h2-15,17,27H,1,16H2. The molecule has 0 fully saturated rings. The lowest BCUT2D eigenvalue weighted by Crippen LogP contribution is -2.15. The summed E-state index contributed by atoms with van der Waals surface area (Å²) in [5, 5.41) is 0. The number of fused-ring (bicyclic) bond motifs is 3. The summed E-state index contributed by atoms with van der Waals surface area (Å²) < 4.78 is 79.8. The molecule has 0 aromatic heterocycles. The van der Waals surface area contributed by atoms with Gasteiger partial charge in [0.2, 0.25) is 0 Å². The number of hydrogen-bond donors (Lipinski definition) is 0. The topological polar surface area (TPSA) is 88.1 Å². The number of hydrogen-bond acceptors (Lipinski definition) is 7. The maximum atomic E-state index is 13.3. The third kappa shape index (κ3) is 6.24. The van der Waals surface area contributed by atoms with Gasteiger partial charge in [0.05, 0.1) is 0 Å². The van der Waals surface area contributed by atoms with Crippen molar-refractivity contribution in [3.05, 3.63) is 108 Å². The van der Waals surface area contributed by atoms with E-state index < -0.39 is 27.0 Å².